The van der Waals surface area contributed by atoms with Crippen LogP contribution in [-0.2, 0) is 38.4 Å². The van der Waals surface area contributed by atoms with Gasteiger partial charge in [-0.3, -0.25) is 38.4 Å². The Balaban J connectivity index is 0.815. The minimum atomic E-state index is -1.02. The molecule has 4 heterocycles. The minimum Gasteiger partial charge on any atom is -0.356 e. The summed E-state index contributed by atoms with van der Waals surface area (Å²) in [4.78, 5) is 114. The molecule has 4 aliphatic rings. The molecule has 18 heteroatoms. The first-order valence-electron chi connectivity index (χ1n) is 29.8. The number of amides is 8. The third kappa shape index (κ3) is 15.9. The predicted molar refractivity (Wildman–Crippen MR) is 319 cm³/mol. The van der Waals surface area contributed by atoms with E-state index in [-0.39, 0.29) is 86.3 Å². The van der Waals surface area contributed by atoms with Crippen molar-refractivity contribution in [1.82, 2.24) is 41.7 Å². The summed E-state index contributed by atoms with van der Waals surface area (Å²) in [6.07, 6.45) is 5.59. The van der Waals surface area contributed by atoms with Crippen molar-refractivity contribution in [1.29, 1.82) is 0 Å². The van der Waals surface area contributed by atoms with Gasteiger partial charge in [0.15, 0.2) is 0 Å². The second-order valence-corrected chi connectivity index (χ2v) is 22.4. The van der Waals surface area contributed by atoms with Gasteiger partial charge in [-0.2, -0.15) is 0 Å². The first-order chi connectivity index (χ1) is 40.8. The fourth-order valence-electron chi connectivity index (χ4n) is 12.1. The Morgan fingerprint density at radius 2 is 0.810 bits per heavy atom. The zero-order chi connectivity index (χ0) is 59.5. The smallest absolute Gasteiger partial charge is 0.246 e. The fraction of sp³-hybridized carbons (Fsp3) is 0.455. The van der Waals surface area contributed by atoms with Crippen LogP contribution < -0.4 is 43.4 Å². The van der Waals surface area contributed by atoms with Crippen LogP contribution in [0.3, 0.4) is 0 Å². The van der Waals surface area contributed by atoms with Gasteiger partial charge >= 0.3 is 0 Å². The van der Waals surface area contributed by atoms with Crippen molar-refractivity contribution in [2.75, 3.05) is 13.1 Å². The van der Waals surface area contributed by atoms with Gasteiger partial charge in [0.2, 0.25) is 47.3 Å². The number of carbonyl (C=O) groups excluding carboxylic acids is 8. The highest BCUT2D eigenvalue weighted by Gasteiger charge is 2.50. The fourth-order valence-corrected chi connectivity index (χ4v) is 12.1. The maximum Gasteiger partial charge on any atom is 0.246 e. The van der Waals surface area contributed by atoms with E-state index in [1.165, 1.54) is 0 Å². The molecule has 0 spiro atoms. The number of nitrogens with zero attached hydrogens (tertiary/aromatic N) is 2. The van der Waals surface area contributed by atoms with Crippen molar-refractivity contribution in [3.63, 3.8) is 0 Å². The Labute approximate surface area is 493 Å². The maximum absolute atomic E-state index is 14.6. The van der Waals surface area contributed by atoms with E-state index < -0.39 is 72.0 Å². The van der Waals surface area contributed by atoms with Gasteiger partial charge in [0, 0.05) is 62.7 Å². The van der Waals surface area contributed by atoms with Crippen LogP contribution in [0, 0.1) is 35.5 Å². The van der Waals surface area contributed by atoms with Gasteiger partial charge in [0.1, 0.15) is 24.2 Å². The molecule has 442 valence electrons. The molecule has 4 aromatic rings. The normalized spacial score (nSPS) is 22.5. The minimum absolute atomic E-state index is 0.0569. The second kappa shape index (κ2) is 30.3. The summed E-state index contributed by atoms with van der Waals surface area (Å²) in [5.41, 5.74) is 15.9. The zero-order valence-electron chi connectivity index (χ0n) is 48.1. The standard InChI is InChI=1S/C66H80N10O8/c1-3-51(67)61(79)73-59-47(33-35-49-37-39-53(75(49)65(59)83)63(81)71-57(43-23-13-9-14-24-43)44-25-15-10-16-26-44)41-69-55(77)31-21-7-5-6-8-22-32-56(78)70-42-48-34-36-50-38-40-54(76(50)66(84)60(48)74-62(80)52(68)4-2)64(82)72-58(45-27-17-11-18-28-45)46-29-19-12-20-30-46/h9-20,23-30,47-54,57-60H,3-4,21-22,31-42,67-68H2,1-2H3,(H,69,77)(H,70,78)(H,71,81)(H,72,82)(H,73,79)(H,74,80)/t47-,48-,49+,50+,51+,52+,53+,54+,59+,60+/m1/s1. The van der Waals surface area contributed by atoms with E-state index in [1.54, 1.807) is 23.6 Å². The van der Waals surface area contributed by atoms with Crippen LogP contribution >= 0.6 is 0 Å². The van der Waals surface area contributed by atoms with Gasteiger partial charge in [-0.15, -0.1) is 0 Å². The molecule has 0 saturated carbocycles. The highest BCUT2D eigenvalue weighted by molar-refractivity contribution is 5.96. The predicted octanol–water partition coefficient (Wildman–Crippen LogP) is 4.58. The maximum atomic E-state index is 14.6. The van der Waals surface area contributed by atoms with Gasteiger partial charge in [-0.05, 0) is 98.3 Å². The molecule has 10 N–H and O–H groups in total. The molecular formula is C66H80N10O8. The van der Waals surface area contributed by atoms with E-state index in [2.05, 4.69) is 55.6 Å². The summed E-state index contributed by atoms with van der Waals surface area (Å²) in [6.45, 7) is 3.78. The summed E-state index contributed by atoms with van der Waals surface area (Å²) in [5, 5.41) is 18.1. The Bertz CT molecular complexity index is 2770. The highest BCUT2D eigenvalue weighted by atomic mass is 16.2. The van der Waals surface area contributed by atoms with E-state index in [9.17, 15) is 38.4 Å². The lowest BCUT2D eigenvalue weighted by atomic mass is 9.92. The quantitative estimate of drug-likeness (QED) is 0.0508. The van der Waals surface area contributed by atoms with Crippen LogP contribution in [0.15, 0.2) is 121 Å². The third-order valence-electron chi connectivity index (χ3n) is 16.9. The van der Waals surface area contributed by atoms with Gasteiger partial charge in [0.25, 0.3) is 0 Å². The molecule has 0 radical (unpaired) electrons. The van der Waals surface area contributed by atoms with E-state index in [0.29, 0.717) is 64.2 Å². The van der Waals surface area contributed by atoms with Crippen LogP contribution in [0.1, 0.15) is 138 Å². The number of carbonyl (C=O) groups is 8. The Morgan fingerprint density at radius 1 is 0.488 bits per heavy atom. The van der Waals surface area contributed by atoms with Crippen molar-refractivity contribution >= 4 is 47.3 Å². The monoisotopic (exact) mass is 1140 g/mol. The molecule has 0 aliphatic carbocycles. The third-order valence-corrected chi connectivity index (χ3v) is 16.9. The van der Waals surface area contributed by atoms with E-state index >= 15 is 0 Å². The van der Waals surface area contributed by atoms with Crippen molar-refractivity contribution in [3.8, 4) is 23.7 Å². The number of hydrogen-bond donors (Lipinski definition) is 8. The lowest BCUT2D eigenvalue weighted by Crippen LogP contribution is -2.59. The molecule has 4 fully saturated rings. The van der Waals surface area contributed by atoms with Gasteiger partial charge < -0.3 is 53.2 Å². The zero-order valence-corrected chi connectivity index (χ0v) is 48.1. The van der Waals surface area contributed by atoms with Crippen molar-refractivity contribution in [2.45, 2.75) is 164 Å². The van der Waals surface area contributed by atoms with Crippen molar-refractivity contribution in [2.24, 2.45) is 23.3 Å². The molecule has 8 rings (SSSR count). The van der Waals surface area contributed by atoms with Crippen LogP contribution in [0.4, 0.5) is 0 Å². The molecule has 4 aromatic carbocycles. The summed E-state index contributed by atoms with van der Waals surface area (Å²) >= 11 is 0. The van der Waals surface area contributed by atoms with E-state index in [1.807, 2.05) is 121 Å². The van der Waals surface area contributed by atoms with Gasteiger partial charge in [-0.25, -0.2) is 0 Å². The Hall–Kier alpha value is -8.32. The SMILES string of the molecule is CC[C@H](N)C(=O)N[C@@H]1C(=O)N2[C@@H](CC[C@@H]1CNC(=O)CCC#CC#CCCC(=O)NC[C@H]1CC[C@H]3CC[C@@H](C(=O)NC(c4ccccc4)c4ccccc4)N3C(=O)[C@H]1NC(=O)[C@@H](N)CC)CC[C@H]2C(=O)NC(c1ccccc1)c1ccccc1. The highest BCUT2D eigenvalue weighted by Crippen LogP contribution is 2.37. The van der Waals surface area contributed by atoms with Crippen LogP contribution in [0.5, 0.6) is 0 Å². The summed E-state index contributed by atoms with van der Waals surface area (Å²) < 4.78 is 0. The van der Waals surface area contributed by atoms with Gasteiger partial charge in [0.05, 0.1) is 24.2 Å². The average molecular weight is 1140 g/mol. The Morgan fingerprint density at radius 3 is 1.13 bits per heavy atom. The molecule has 0 unspecified atom stereocenters. The second-order valence-electron chi connectivity index (χ2n) is 22.4. The molecule has 8 amide bonds. The summed E-state index contributed by atoms with van der Waals surface area (Å²) in [5.74, 6) is 7.50. The molecule has 4 saturated heterocycles. The molecule has 0 bridgehead atoms. The summed E-state index contributed by atoms with van der Waals surface area (Å²) in [7, 11) is 0. The molecule has 0 aromatic heterocycles. The van der Waals surface area contributed by atoms with E-state index in [4.69, 9.17) is 11.5 Å². The Kier molecular flexibility index (Phi) is 22.3. The number of rotatable bonds is 22. The molecule has 10 atom stereocenters. The lowest BCUT2D eigenvalue weighted by Gasteiger charge is -2.33. The summed E-state index contributed by atoms with van der Waals surface area (Å²) in [6, 6.07) is 32.1. The van der Waals surface area contributed by atoms with Crippen LogP contribution in [0.25, 0.3) is 0 Å². The topological polar surface area (TPSA) is 267 Å². The number of nitrogens with two attached hydrogens (primary N) is 2. The van der Waals surface area contributed by atoms with Gasteiger partial charge in [-0.1, -0.05) is 147 Å². The van der Waals surface area contributed by atoms with Crippen molar-refractivity contribution in [3.05, 3.63) is 144 Å². The average Bonchev–Trinajstić information content (AvgIpc) is 4.18. The lowest BCUT2D eigenvalue weighted by molar-refractivity contribution is -0.143. The first-order valence-corrected chi connectivity index (χ1v) is 29.8. The molecular weight excluding hydrogens is 1060 g/mol. The van der Waals surface area contributed by atoms with Crippen molar-refractivity contribution < 1.29 is 38.4 Å². The number of benzene rings is 4. The largest absolute Gasteiger partial charge is 0.356 e. The number of fused-ring (bicyclic) bond motifs is 2. The van der Waals surface area contributed by atoms with Crippen LogP contribution in [0.2, 0.25) is 0 Å². The van der Waals surface area contributed by atoms with Crippen LogP contribution in [-0.4, -0.2) is 118 Å². The van der Waals surface area contributed by atoms with E-state index in [0.717, 1.165) is 22.3 Å². The molecule has 84 heavy (non-hydrogen) atoms. The number of nitrogens with one attached hydrogen (secondary N) is 6. The molecule has 4 aliphatic heterocycles. The first kappa shape index (κ1) is 61.7. The number of hydrogen-bond acceptors (Lipinski definition) is 10. The molecule has 18 nitrogen and oxygen atoms in total.